The van der Waals surface area contributed by atoms with Gasteiger partial charge < -0.3 is 5.11 Å². The first-order chi connectivity index (χ1) is 6.38. The Labute approximate surface area is 88.4 Å². The molecule has 0 aromatic heterocycles. The lowest BCUT2D eigenvalue weighted by molar-refractivity contribution is 0.0587. The third kappa shape index (κ3) is 3.09. The van der Waals surface area contributed by atoms with E-state index in [4.69, 9.17) is 0 Å². The van der Waals surface area contributed by atoms with Crippen molar-refractivity contribution < 1.29 is 5.11 Å². The summed E-state index contributed by atoms with van der Waals surface area (Å²) in [7, 11) is 0. The zero-order valence-electron chi connectivity index (χ0n) is 10.5. The fraction of sp³-hybridized carbons (Fsp3) is 0.917. The van der Waals surface area contributed by atoms with E-state index in [0.29, 0.717) is 6.04 Å². The molecule has 1 N–H and O–H groups in total. The van der Waals surface area contributed by atoms with Crippen LogP contribution in [0.2, 0.25) is 0 Å². The molecule has 0 aliphatic carbocycles. The largest absolute Gasteiger partial charge is 0.384 e. The van der Waals surface area contributed by atoms with Crippen molar-refractivity contribution in [3.05, 3.63) is 0 Å². The summed E-state index contributed by atoms with van der Waals surface area (Å²) in [5, 5.41) is 10.4. The Hall–Kier alpha value is -0.370. The molecule has 2 heteroatoms. The van der Waals surface area contributed by atoms with Crippen LogP contribution in [0.4, 0.5) is 0 Å². The second kappa shape index (κ2) is 5.50. The molecule has 84 valence electrons. The molecule has 0 amide bonds. The lowest BCUT2D eigenvalue weighted by Crippen LogP contribution is -2.42. The van der Waals surface area contributed by atoms with Gasteiger partial charge in [0.1, 0.15) is 5.60 Å². The molecule has 2 atom stereocenters. The molecule has 0 aromatic rings. The Morgan fingerprint density at radius 1 is 1.29 bits per heavy atom. The van der Waals surface area contributed by atoms with Crippen LogP contribution in [-0.4, -0.2) is 22.5 Å². The van der Waals surface area contributed by atoms with E-state index >= 15 is 0 Å². The molecule has 0 spiro atoms. The van der Waals surface area contributed by atoms with Crippen molar-refractivity contribution in [1.29, 1.82) is 0 Å². The second-order valence-electron chi connectivity index (χ2n) is 4.40. The van der Waals surface area contributed by atoms with E-state index in [-0.39, 0.29) is 5.92 Å². The van der Waals surface area contributed by atoms with Gasteiger partial charge in [0.2, 0.25) is 0 Å². The first-order valence-electron chi connectivity index (χ1n) is 5.65. The zero-order valence-corrected chi connectivity index (χ0v) is 10.5. The van der Waals surface area contributed by atoms with E-state index in [1.165, 1.54) is 0 Å². The van der Waals surface area contributed by atoms with Crippen molar-refractivity contribution in [3.8, 4) is 0 Å². The predicted molar refractivity (Wildman–Crippen MR) is 62.9 cm³/mol. The monoisotopic (exact) mass is 199 g/mol. The summed E-state index contributed by atoms with van der Waals surface area (Å²) in [6, 6.07) is 0.312. The molecule has 0 radical (unpaired) electrons. The van der Waals surface area contributed by atoms with E-state index in [1.54, 1.807) is 0 Å². The number of aliphatic hydroxyl groups is 1. The highest BCUT2D eigenvalue weighted by atomic mass is 16.3. The van der Waals surface area contributed by atoms with Gasteiger partial charge in [-0.15, -0.1) is 0 Å². The molecule has 0 bridgehead atoms. The van der Waals surface area contributed by atoms with Gasteiger partial charge in [0, 0.05) is 11.8 Å². The molecule has 2 unspecified atom stereocenters. The molecule has 0 saturated heterocycles. The van der Waals surface area contributed by atoms with E-state index in [0.717, 1.165) is 18.6 Å². The van der Waals surface area contributed by atoms with Crippen molar-refractivity contribution in [3.63, 3.8) is 0 Å². The van der Waals surface area contributed by atoms with Crippen LogP contribution in [0.5, 0.6) is 0 Å². The van der Waals surface area contributed by atoms with E-state index < -0.39 is 5.60 Å². The van der Waals surface area contributed by atoms with Gasteiger partial charge in [-0.3, -0.25) is 4.99 Å². The van der Waals surface area contributed by atoms with Gasteiger partial charge in [0.15, 0.2) is 0 Å². The Morgan fingerprint density at radius 3 is 2.07 bits per heavy atom. The summed E-state index contributed by atoms with van der Waals surface area (Å²) >= 11 is 0. The Kier molecular flexibility index (Phi) is 5.35. The quantitative estimate of drug-likeness (QED) is 0.678. The number of hydrogen-bond donors (Lipinski definition) is 1. The third-order valence-electron chi connectivity index (χ3n) is 3.13. The van der Waals surface area contributed by atoms with Gasteiger partial charge in [0.05, 0.1) is 0 Å². The molecule has 14 heavy (non-hydrogen) atoms. The summed E-state index contributed by atoms with van der Waals surface area (Å²) in [5.74, 6) is 0.223. The minimum Gasteiger partial charge on any atom is -0.384 e. The summed E-state index contributed by atoms with van der Waals surface area (Å²) in [4.78, 5) is 4.53. The standard InChI is InChI=1S/C12H25NO/c1-7-10(5)13-11(6)12(14,8-2)9(3)4/h9-10,14H,7-8H2,1-6H3/b13-11-. The van der Waals surface area contributed by atoms with Crippen LogP contribution in [0.1, 0.15) is 54.4 Å². The number of nitrogens with zero attached hydrogens (tertiary/aromatic N) is 1. The minimum atomic E-state index is -0.719. The molecule has 0 heterocycles. The van der Waals surface area contributed by atoms with Crippen molar-refractivity contribution in [2.75, 3.05) is 0 Å². The third-order valence-corrected chi connectivity index (χ3v) is 3.13. The maximum absolute atomic E-state index is 10.4. The van der Waals surface area contributed by atoms with Crippen molar-refractivity contribution in [2.45, 2.75) is 66.0 Å². The predicted octanol–water partition coefficient (Wildman–Crippen LogP) is 3.04. The van der Waals surface area contributed by atoms with E-state index in [9.17, 15) is 5.11 Å². The smallest absolute Gasteiger partial charge is 0.104 e. The van der Waals surface area contributed by atoms with Gasteiger partial charge in [-0.25, -0.2) is 0 Å². The number of aliphatic imine (C=N–C) groups is 1. The zero-order chi connectivity index (χ0) is 11.4. The van der Waals surface area contributed by atoms with Crippen LogP contribution in [0, 0.1) is 5.92 Å². The van der Waals surface area contributed by atoms with E-state index in [1.807, 2.05) is 27.7 Å². The van der Waals surface area contributed by atoms with Gasteiger partial charge >= 0.3 is 0 Å². The first kappa shape index (κ1) is 13.6. The molecule has 0 aromatic carbocycles. The lowest BCUT2D eigenvalue weighted by atomic mass is 9.83. The average molecular weight is 199 g/mol. The maximum atomic E-state index is 10.4. The van der Waals surface area contributed by atoms with Crippen LogP contribution < -0.4 is 0 Å². The van der Waals surface area contributed by atoms with Crippen molar-refractivity contribution in [2.24, 2.45) is 10.9 Å². The van der Waals surface area contributed by atoms with Crippen molar-refractivity contribution in [1.82, 2.24) is 0 Å². The summed E-state index contributed by atoms with van der Waals surface area (Å²) in [6.07, 6.45) is 1.76. The molecule has 0 fully saturated rings. The molecule has 0 rings (SSSR count). The second-order valence-corrected chi connectivity index (χ2v) is 4.40. The van der Waals surface area contributed by atoms with Crippen molar-refractivity contribution >= 4 is 5.71 Å². The molecule has 0 saturated carbocycles. The SMILES string of the molecule is CCC(C)/N=C(/C)C(O)(CC)C(C)C. The van der Waals surface area contributed by atoms with E-state index in [2.05, 4.69) is 18.8 Å². The van der Waals surface area contributed by atoms with Crippen LogP contribution in [0.25, 0.3) is 0 Å². The van der Waals surface area contributed by atoms with Gasteiger partial charge in [0.25, 0.3) is 0 Å². The molecule has 0 aliphatic rings. The lowest BCUT2D eigenvalue weighted by Gasteiger charge is -2.31. The molecule has 0 aliphatic heterocycles. The molecular formula is C12H25NO. The fourth-order valence-corrected chi connectivity index (χ4v) is 1.62. The molecule has 2 nitrogen and oxygen atoms in total. The number of rotatable bonds is 5. The summed E-state index contributed by atoms with van der Waals surface area (Å²) < 4.78 is 0. The highest BCUT2D eigenvalue weighted by Crippen LogP contribution is 2.23. The van der Waals surface area contributed by atoms with Gasteiger partial charge in [-0.2, -0.15) is 0 Å². The normalized spacial score (nSPS) is 19.6. The number of hydrogen-bond acceptors (Lipinski definition) is 2. The Balaban J connectivity index is 4.77. The Bertz CT molecular complexity index is 198. The summed E-state index contributed by atoms with van der Waals surface area (Å²) in [5.41, 5.74) is 0.160. The van der Waals surface area contributed by atoms with Crippen LogP contribution in [0.3, 0.4) is 0 Å². The van der Waals surface area contributed by atoms with Gasteiger partial charge in [-0.1, -0.05) is 27.7 Å². The first-order valence-corrected chi connectivity index (χ1v) is 5.65. The highest BCUT2D eigenvalue weighted by Gasteiger charge is 2.32. The van der Waals surface area contributed by atoms with Crippen LogP contribution >= 0.6 is 0 Å². The van der Waals surface area contributed by atoms with Gasteiger partial charge in [-0.05, 0) is 32.6 Å². The minimum absolute atomic E-state index is 0.223. The maximum Gasteiger partial charge on any atom is 0.104 e. The Morgan fingerprint density at radius 2 is 1.79 bits per heavy atom. The molecular weight excluding hydrogens is 174 g/mol. The fourth-order valence-electron chi connectivity index (χ4n) is 1.62. The highest BCUT2D eigenvalue weighted by molar-refractivity contribution is 5.90. The summed E-state index contributed by atoms with van der Waals surface area (Å²) in [6.45, 7) is 12.2. The average Bonchev–Trinajstić information content (AvgIpc) is 2.15. The topological polar surface area (TPSA) is 32.6 Å². The van der Waals surface area contributed by atoms with Crippen LogP contribution in [0.15, 0.2) is 4.99 Å². The van der Waals surface area contributed by atoms with Crippen LogP contribution in [-0.2, 0) is 0 Å².